The van der Waals surface area contributed by atoms with Crippen LogP contribution in [0.3, 0.4) is 0 Å². The fourth-order valence-electron chi connectivity index (χ4n) is 4.25. The molecule has 0 spiro atoms. The van der Waals surface area contributed by atoms with Crippen LogP contribution in [0.5, 0.6) is 17.2 Å². The van der Waals surface area contributed by atoms with Gasteiger partial charge in [-0.05, 0) is 41.8 Å². The van der Waals surface area contributed by atoms with Gasteiger partial charge in [0.15, 0.2) is 11.5 Å². The summed E-state index contributed by atoms with van der Waals surface area (Å²) in [5.41, 5.74) is 3.65. The zero-order chi connectivity index (χ0) is 28.6. The Morgan fingerprint density at radius 3 is 2.02 bits per heavy atom. The maximum atomic E-state index is 12.9. The van der Waals surface area contributed by atoms with Gasteiger partial charge in [0.05, 0.1) is 29.9 Å². The monoisotopic (exact) mass is 569 g/mol. The maximum Gasteiger partial charge on any atom is 0.361 e. The summed E-state index contributed by atoms with van der Waals surface area (Å²) < 4.78 is 28.8. The zero-order valence-electron chi connectivity index (χ0n) is 22.6. The molecule has 0 aliphatic rings. The lowest BCUT2D eigenvalue weighted by Crippen LogP contribution is -2.06. The zero-order valence-corrected chi connectivity index (χ0v) is 23.4. The van der Waals surface area contributed by atoms with Crippen LogP contribution in [0.15, 0.2) is 102 Å². The third kappa shape index (κ3) is 6.53. The van der Waals surface area contributed by atoms with E-state index >= 15 is 0 Å². The predicted octanol–water partition coefficient (Wildman–Crippen LogP) is 8.01. The first-order chi connectivity index (χ1) is 20.1. The lowest BCUT2D eigenvalue weighted by molar-refractivity contribution is 0.0515. The van der Waals surface area contributed by atoms with E-state index in [2.05, 4.69) is 5.16 Å². The standard InChI is InChI=1S/C33H28ClNO6/c1-3-38-33(36)31-30(24-14-16-25(37-2)17-15-24)32(41-35-31)26-18-27(34)29(40-21-23-12-8-5-9-13-23)19-28(26)39-20-22-10-6-4-7-11-22/h4-19H,3,20-21H2,1-2H3. The average Bonchev–Trinajstić information content (AvgIpc) is 3.46. The van der Waals surface area contributed by atoms with Gasteiger partial charge < -0.3 is 23.5 Å². The van der Waals surface area contributed by atoms with Crippen LogP contribution in [-0.2, 0) is 18.0 Å². The Morgan fingerprint density at radius 2 is 1.44 bits per heavy atom. The number of ether oxygens (including phenoxy) is 4. The van der Waals surface area contributed by atoms with E-state index in [0.717, 1.165) is 11.1 Å². The van der Waals surface area contributed by atoms with E-state index in [1.54, 1.807) is 38.3 Å². The molecule has 0 N–H and O–H groups in total. The highest BCUT2D eigenvalue weighted by Gasteiger charge is 2.28. The summed E-state index contributed by atoms with van der Waals surface area (Å²) in [4.78, 5) is 12.9. The Labute approximate surface area is 243 Å². The minimum absolute atomic E-state index is 0.0431. The number of nitrogens with zero attached hydrogens (tertiary/aromatic N) is 1. The summed E-state index contributed by atoms with van der Waals surface area (Å²) in [5, 5.41) is 4.45. The molecule has 0 amide bonds. The largest absolute Gasteiger partial charge is 0.497 e. The SMILES string of the molecule is CCOC(=O)c1noc(-c2cc(Cl)c(OCc3ccccc3)cc2OCc2ccccc2)c1-c1ccc(OC)cc1. The molecule has 0 aliphatic heterocycles. The van der Waals surface area contributed by atoms with Gasteiger partial charge in [-0.1, -0.05) is 89.6 Å². The smallest absolute Gasteiger partial charge is 0.361 e. The van der Waals surface area contributed by atoms with Crippen molar-refractivity contribution in [3.05, 3.63) is 119 Å². The number of hydrogen-bond acceptors (Lipinski definition) is 7. The second kappa shape index (κ2) is 13.1. The molecule has 0 atom stereocenters. The number of rotatable bonds is 11. The molecule has 1 aromatic heterocycles. The van der Waals surface area contributed by atoms with Gasteiger partial charge >= 0.3 is 5.97 Å². The van der Waals surface area contributed by atoms with Crippen molar-refractivity contribution in [2.24, 2.45) is 0 Å². The highest BCUT2D eigenvalue weighted by Crippen LogP contribution is 2.44. The van der Waals surface area contributed by atoms with Crippen LogP contribution >= 0.6 is 11.6 Å². The third-order valence-corrected chi connectivity index (χ3v) is 6.59. The van der Waals surface area contributed by atoms with Gasteiger partial charge in [0.2, 0.25) is 0 Å². The van der Waals surface area contributed by atoms with Crippen LogP contribution in [0.25, 0.3) is 22.5 Å². The second-order valence-corrected chi connectivity index (χ2v) is 9.42. The summed E-state index contributed by atoms with van der Waals surface area (Å²) >= 11 is 6.74. The highest BCUT2D eigenvalue weighted by molar-refractivity contribution is 6.32. The molecule has 5 aromatic rings. The van der Waals surface area contributed by atoms with Crippen LogP contribution in [0.1, 0.15) is 28.5 Å². The van der Waals surface area contributed by atoms with E-state index in [1.807, 2.05) is 72.8 Å². The number of halogens is 1. The average molecular weight is 570 g/mol. The van der Waals surface area contributed by atoms with Gasteiger partial charge in [0.25, 0.3) is 0 Å². The number of esters is 1. The Hall–Kier alpha value is -4.75. The first-order valence-corrected chi connectivity index (χ1v) is 13.4. The Bertz CT molecular complexity index is 1600. The molecule has 7 nitrogen and oxygen atoms in total. The first kappa shape index (κ1) is 27.8. The van der Waals surface area contributed by atoms with E-state index in [-0.39, 0.29) is 18.9 Å². The van der Waals surface area contributed by atoms with Crippen LogP contribution in [0, 0.1) is 0 Å². The molecule has 0 bridgehead atoms. The van der Waals surface area contributed by atoms with Gasteiger partial charge in [0.1, 0.15) is 30.5 Å². The fourth-order valence-corrected chi connectivity index (χ4v) is 4.47. The van der Waals surface area contributed by atoms with E-state index < -0.39 is 5.97 Å². The van der Waals surface area contributed by atoms with Crippen molar-refractivity contribution in [1.29, 1.82) is 0 Å². The highest BCUT2D eigenvalue weighted by atomic mass is 35.5. The van der Waals surface area contributed by atoms with Crippen LogP contribution < -0.4 is 14.2 Å². The van der Waals surface area contributed by atoms with Crippen LogP contribution in [0.2, 0.25) is 5.02 Å². The molecule has 4 aromatic carbocycles. The fraction of sp³-hybridized carbons (Fsp3) is 0.152. The number of carbonyl (C=O) groups is 1. The van der Waals surface area contributed by atoms with E-state index in [0.29, 0.717) is 51.3 Å². The summed E-state index contributed by atoms with van der Waals surface area (Å²) in [7, 11) is 1.59. The molecule has 8 heteroatoms. The van der Waals surface area contributed by atoms with Crippen molar-refractivity contribution in [3.8, 4) is 39.7 Å². The lowest BCUT2D eigenvalue weighted by Gasteiger charge is -2.15. The molecule has 5 rings (SSSR count). The molecular formula is C33H28ClNO6. The number of methoxy groups -OCH3 is 1. The van der Waals surface area contributed by atoms with Gasteiger partial charge in [-0.3, -0.25) is 0 Å². The van der Waals surface area contributed by atoms with Crippen molar-refractivity contribution in [1.82, 2.24) is 5.16 Å². The summed E-state index contributed by atoms with van der Waals surface area (Å²) in [6.07, 6.45) is 0. The lowest BCUT2D eigenvalue weighted by atomic mass is 9.98. The molecule has 41 heavy (non-hydrogen) atoms. The number of benzene rings is 4. The summed E-state index contributed by atoms with van der Waals surface area (Å²) in [5.74, 6) is 1.26. The van der Waals surface area contributed by atoms with Crippen molar-refractivity contribution >= 4 is 17.6 Å². The summed E-state index contributed by atoms with van der Waals surface area (Å²) in [6, 6.07) is 30.2. The van der Waals surface area contributed by atoms with Crippen LogP contribution in [-0.4, -0.2) is 24.8 Å². The molecule has 208 valence electrons. The first-order valence-electron chi connectivity index (χ1n) is 13.1. The molecule has 1 heterocycles. The van der Waals surface area contributed by atoms with E-state index in [4.69, 9.17) is 35.1 Å². The van der Waals surface area contributed by atoms with Crippen molar-refractivity contribution < 1.29 is 28.3 Å². The Balaban J connectivity index is 1.60. The van der Waals surface area contributed by atoms with Gasteiger partial charge in [-0.25, -0.2) is 4.79 Å². The third-order valence-electron chi connectivity index (χ3n) is 6.29. The minimum atomic E-state index is -0.603. The summed E-state index contributed by atoms with van der Waals surface area (Å²) in [6.45, 7) is 2.53. The molecule has 0 saturated heterocycles. The molecule has 0 saturated carbocycles. The normalized spacial score (nSPS) is 10.7. The molecule has 0 fully saturated rings. The number of hydrogen-bond donors (Lipinski definition) is 0. The molecule has 0 unspecified atom stereocenters. The molecule has 0 radical (unpaired) electrons. The van der Waals surface area contributed by atoms with Crippen molar-refractivity contribution in [3.63, 3.8) is 0 Å². The minimum Gasteiger partial charge on any atom is -0.497 e. The maximum absolute atomic E-state index is 12.9. The van der Waals surface area contributed by atoms with E-state index in [1.165, 1.54) is 0 Å². The van der Waals surface area contributed by atoms with Gasteiger partial charge in [-0.15, -0.1) is 0 Å². The molecular weight excluding hydrogens is 542 g/mol. The quantitative estimate of drug-likeness (QED) is 0.149. The van der Waals surface area contributed by atoms with E-state index in [9.17, 15) is 4.79 Å². The number of carbonyl (C=O) groups excluding carboxylic acids is 1. The number of aromatic nitrogens is 1. The van der Waals surface area contributed by atoms with Crippen molar-refractivity contribution in [2.75, 3.05) is 13.7 Å². The topological polar surface area (TPSA) is 80.0 Å². The second-order valence-electron chi connectivity index (χ2n) is 9.01. The van der Waals surface area contributed by atoms with Gasteiger partial charge in [-0.2, -0.15) is 0 Å². The Morgan fingerprint density at radius 1 is 0.829 bits per heavy atom. The molecule has 0 aliphatic carbocycles. The van der Waals surface area contributed by atoms with Crippen LogP contribution in [0.4, 0.5) is 0 Å². The predicted molar refractivity (Wildman–Crippen MR) is 156 cm³/mol. The Kier molecular flexibility index (Phi) is 8.86. The van der Waals surface area contributed by atoms with Gasteiger partial charge in [0, 0.05) is 6.07 Å². The van der Waals surface area contributed by atoms with Crippen molar-refractivity contribution in [2.45, 2.75) is 20.1 Å².